The molecule has 2 heterocycles. The van der Waals surface area contributed by atoms with E-state index >= 15 is 0 Å². The first kappa shape index (κ1) is 9.97. The Kier molecular flexibility index (Phi) is 2.52. The smallest absolute Gasteiger partial charge is 0.306 e. The minimum atomic E-state index is -0.592. The van der Waals surface area contributed by atoms with Crippen molar-refractivity contribution in [2.24, 2.45) is 5.92 Å². The molecule has 2 aliphatic heterocycles. The minimum Gasteiger partial charge on any atom is -0.481 e. The molecule has 0 aromatic heterocycles. The third-order valence-corrected chi connectivity index (χ3v) is 3.74. The summed E-state index contributed by atoms with van der Waals surface area (Å²) < 4.78 is 0. The predicted molar refractivity (Wildman–Crippen MR) is 54.1 cm³/mol. The van der Waals surface area contributed by atoms with Gasteiger partial charge in [-0.05, 0) is 39.5 Å². The van der Waals surface area contributed by atoms with Crippen LogP contribution < -0.4 is 0 Å². The number of carboxylic acids is 1. The molecule has 3 nitrogen and oxygen atoms in total. The van der Waals surface area contributed by atoms with Gasteiger partial charge in [0.1, 0.15) is 0 Å². The van der Waals surface area contributed by atoms with Crippen LogP contribution in [0, 0.1) is 5.92 Å². The number of carboxylic acid groups (broad SMARTS) is 1. The van der Waals surface area contributed by atoms with Crippen LogP contribution in [0.5, 0.6) is 0 Å². The van der Waals surface area contributed by atoms with Crippen LogP contribution in [-0.2, 0) is 4.79 Å². The third-order valence-electron chi connectivity index (χ3n) is 3.74. The van der Waals surface area contributed by atoms with Gasteiger partial charge in [-0.2, -0.15) is 0 Å². The fourth-order valence-corrected chi connectivity index (χ4v) is 3.26. The van der Waals surface area contributed by atoms with E-state index in [9.17, 15) is 4.79 Å². The Morgan fingerprint density at radius 2 is 1.79 bits per heavy atom. The average Bonchev–Trinajstić information content (AvgIpc) is 2.37. The zero-order valence-corrected chi connectivity index (χ0v) is 8.94. The summed E-state index contributed by atoms with van der Waals surface area (Å²) in [5.41, 5.74) is 0. The summed E-state index contributed by atoms with van der Waals surface area (Å²) in [6.45, 7) is 4.43. The molecule has 2 rings (SSSR count). The van der Waals surface area contributed by atoms with Crippen LogP contribution in [0.1, 0.15) is 39.5 Å². The number of nitrogens with zero attached hydrogens (tertiary/aromatic N) is 1. The number of carbonyl (C=O) groups is 1. The molecule has 2 bridgehead atoms. The molecule has 0 radical (unpaired) electrons. The average molecular weight is 197 g/mol. The van der Waals surface area contributed by atoms with E-state index in [1.54, 1.807) is 0 Å². The van der Waals surface area contributed by atoms with Gasteiger partial charge in [-0.15, -0.1) is 0 Å². The van der Waals surface area contributed by atoms with Crippen molar-refractivity contribution in [3.8, 4) is 0 Å². The molecule has 3 heteroatoms. The van der Waals surface area contributed by atoms with E-state index in [2.05, 4.69) is 18.7 Å². The van der Waals surface area contributed by atoms with Crippen LogP contribution in [0.25, 0.3) is 0 Å². The zero-order valence-electron chi connectivity index (χ0n) is 8.94. The van der Waals surface area contributed by atoms with Crippen LogP contribution in [0.3, 0.4) is 0 Å². The van der Waals surface area contributed by atoms with E-state index in [4.69, 9.17) is 5.11 Å². The standard InChI is InChI=1S/C11H19NO2/c1-7(2)12-9-3-4-10(12)6-8(5-9)11(13)14/h7-10H,3-6H2,1-2H3,(H,13,14)/t9-,10-/m1/s1. The zero-order chi connectivity index (χ0) is 10.3. The molecule has 2 aliphatic rings. The van der Waals surface area contributed by atoms with E-state index < -0.39 is 5.97 Å². The highest BCUT2D eigenvalue weighted by Crippen LogP contribution is 2.39. The van der Waals surface area contributed by atoms with Gasteiger partial charge in [0.2, 0.25) is 0 Å². The van der Waals surface area contributed by atoms with Gasteiger partial charge in [0.25, 0.3) is 0 Å². The van der Waals surface area contributed by atoms with Crippen LogP contribution >= 0.6 is 0 Å². The molecule has 0 unspecified atom stereocenters. The Bertz CT molecular complexity index is 225. The van der Waals surface area contributed by atoms with Crippen molar-refractivity contribution in [3.05, 3.63) is 0 Å². The summed E-state index contributed by atoms with van der Waals surface area (Å²) in [5.74, 6) is -0.673. The predicted octanol–water partition coefficient (Wildman–Crippen LogP) is 1.72. The van der Waals surface area contributed by atoms with Crippen LogP contribution in [0.4, 0.5) is 0 Å². The van der Waals surface area contributed by atoms with Gasteiger partial charge >= 0.3 is 5.97 Å². The molecule has 2 saturated heterocycles. The lowest BCUT2D eigenvalue weighted by molar-refractivity contribution is -0.144. The van der Waals surface area contributed by atoms with Crippen molar-refractivity contribution in [2.75, 3.05) is 0 Å². The molecule has 14 heavy (non-hydrogen) atoms. The largest absolute Gasteiger partial charge is 0.481 e. The lowest BCUT2D eigenvalue weighted by atomic mass is 9.90. The van der Waals surface area contributed by atoms with E-state index in [0.29, 0.717) is 18.1 Å². The van der Waals surface area contributed by atoms with Gasteiger partial charge in [0, 0.05) is 18.1 Å². The molecular formula is C11H19NO2. The fraction of sp³-hybridized carbons (Fsp3) is 0.909. The van der Waals surface area contributed by atoms with Crippen molar-refractivity contribution in [1.29, 1.82) is 0 Å². The Morgan fingerprint density at radius 1 is 1.29 bits per heavy atom. The quantitative estimate of drug-likeness (QED) is 0.732. The Hall–Kier alpha value is -0.570. The second-order valence-corrected chi connectivity index (χ2v) is 4.93. The molecular weight excluding hydrogens is 178 g/mol. The fourth-order valence-electron chi connectivity index (χ4n) is 3.26. The summed E-state index contributed by atoms with van der Waals surface area (Å²) in [4.78, 5) is 13.5. The third kappa shape index (κ3) is 1.54. The van der Waals surface area contributed by atoms with Crippen LogP contribution in [0.15, 0.2) is 0 Å². The number of piperidine rings is 1. The van der Waals surface area contributed by atoms with Crippen LogP contribution in [0.2, 0.25) is 0 Å². The summed E-state index contributed by atoms with van der Waals surface area (Å²) in [5, 5.41) is 9.01. The SMILES string of the molecule is CC(C)N1[C@@H]2CC[C@@H]1CC(C(=O)O)C2. The van der Waals surface area contributed by atoms with E-state index in [0.717, 1.165) is 12.8 Å². The Morgan fingerprint density at radius 3 is 2.14 bits per heavy atom. The van der Waals surface area contributed by atoms with Gasteiger partial charge in [-0.3, -0.25) is 9.69 Å². The maximum atomic E-state index is 10.9. The summed E-state index contributed by atoms with van der Waals surface area (Å²) in [7, 11) is 0. The number of fused-ring (bicyclic) bond motifs is 2. The normalized spacial score (nSPS) is 37.8. The van der Waals surface area contributed by atoms with E-state index in [-0.39, 0.29) is 5.92 Å². The molecule has 0 saturated carbocycles. The molecule has 80 valence electrons. The lowest BCUT2D eigenvalue weighted by Gasteiger charge is -2.40. The molecule has 0 aromatic carbocycles. The highest BCUT2D eigenvalue weighted by atomic mass is 16.4. The number of hydrogen-bond donors (Lipinski definition) is 1. The second kappa shape index (κ2) is 3.54. The lowest BCUT2D eigenvalue weighted by Crippen LogP contribution is -2.48. The molecule has 1 N–H and O–H groups in total. The number of aliphatic carboxylic acids is 1. The second-order valence-electron chi connectivity index (χ2n) is 4.93. The van der Waals surface area contributed by atoms with Crippen molar-refractivity contribution in [1.82, 2.24) is 4.90 Å². The van der Waals surface area contributed by atoms with Crippen molar-refractivity contribution in [3.63, 3.8) is 0 Å². The molecule has 2 atom stereocenters. The summed E-state index contributed by atoms with van der Waals surface area (Å²) in [6, 6.07) is 1.65. The highest BCUT2D eigenvalue weighted by molar-refractivity contribution is 5.70. The van der Waals surface area contributed by atoms with Crippen molar-refractivity contribution >= 4 is 5.97 Å². The first-order valence-electron chi connectivity index (χ1n) is 5.60. The van der Waals surface area contributed by atoms with Gasteiger partial charge in [0.15, 0.2) is 0 Å². The molecule has 0 aromatic rings. The van der Waals surface area contributed by atoms with Gasteiger partial charge < -0.3 is 5.11 Å². The molecule has 0 spiro atoms. The maximum Gasteiger partial charge on any atom is 0.306 e. The monoisotopic (exact) mass is 197 g/mol. The minimum absolute atomic E-state index is 0.0810. The topological polar surface area (TPSA) is 40.5 Å². The van der Waals surface area contributed by atoms with Gasteiger partial charge in [-0.25, -0.2) is 0 Å². The Balaban J connectivity index is 2.08. The van der Waals surface area contributed by atoms with Crippen molar-refractivity contribution in [2.45, 2.75) is 57.7 Å². The Labute approximate surface area is 85.1 Å². The summed E-state index contributed by atoms with van der Waals surface area (Å²) >= 11 is 0. The molecule has 0 amide bonds. The van der Waals surface area contributed by atoms with E-state index in [1.807, 2.05) is 0 Å². The van der Waals surface area contributed by atoms with Gasteiger partial charge in [-0.1, -0.05) is 0 Å². The number of hydrogen-bond acceptors (Lipinski definition) is 2. The summed E-state index contributed by atoms with van der Waals surface area (Å²) in [6.07, 6.45) is 4.13. The van der Waals surface area contributed by atoms with Crippen molar-refractivity contribution < 1.29 is 9.90 Å². The first-order chi connectivity index (χ1) is 6.59. The molecule has 2 fully saturated rings. The maximum absolute atomic E-state index is 10.9. The number of rotatable bonds is 2. The highest BCUT2D eigenvalue weighted by Gasteiger charge is 2.43. The first-order valence-corrected chi connectivity index (χ1v) is 5.60. The molecule has 0 aliphatic carbocycles. The van der Waals surface area contributed by atoms with E-state index in [1.165, 1.54) is 12.8 Å². The van der Waals surface area contributed by atoms with Crippen LogP contribution in [-0.4, -0.2) is 34.1 Å². The van der Waals surface area contributed by atoms with Gasteiger partial charge in [0.05, 0.1) is 5.92 Å².